The standard InChI is InChI=1S/C16H26N2O2S/c1-3-11-17-12-14-5-7-15(8-6-14)13-21(19,20)18(4-2)16-9-10-16/h5-8,16-17H,3-4,9-13H2,1-2H3. The highest BCUT2D eigenvalue weighted by Crippen LogP contribution is 2.30. The van der Waals surface area contributed by atoms with Gasteiger partial charge in [-0.3, -0.25) is 0 Å². The van der Waals surface area contributed by atoms with Gasteiger partial charge in [0.05, 0.1) is 5.75 Å². The average molecular weight is 310 g/mol. The average Bonchev–Trinajstić information content (AvgIpc) is 3.26. The minimum Gasteiger partial charge on any atom is -0.313 e. The second-order valence-corrected chi connectivity index (χ2v) is 7.61. The molecule has 0 saturated heterocycles. The first kappa shape index (κ1) is 16.5. The fraction of sp³-hybridized carbons (Fsp3) is 0.625. The van der Waals surface area contributed by atoms with E-state index in [0.717, 1.165) is 37.9 Å². The lowest BCUT2D eigenvalue weighted by Gasteiger charge is -2.20. The summed E-state index contributed by atoms with van der Waals surface area (Å²) in [5.74, 6) is 0.111. The van der Waals surface area contributed by atoms with E-state index in [1.807, 2.05) is 31.2 Å². The van der Waals surface area contributed by atoms with Crippen molar-refractivity contribution in [3.8, 4) is 0 Å². The van der Waals surface area contributed by atoms with E-state index in [1.165, 1.54) is 5.56 Å². The minimum absolute atomic E-state index is 0.111. The fourth-order valence-corrected chi connectivity index (χ4v) is 4.34. The van der Waals surface area contributed by atoms with Gasteiger partial charge in [0.1, 0.15) is 0 Å². The normalized spacial score (nSPS) is 15.6. The van der Waals surface area contributed by atoms with Crippen LogP contribution in [0, 0.1) is 0 Å². The molecule has 0 bridgehead atoms. The van der Waals surface area contributed by atoms with Crippen LogP contribution in [0.5, 0.6) is 0 Å². The Morgan fingerprint density at radius 3 is 2.29 bits per heavy atom. The van der Waals surface area contributed by atoms with Crippen LogP contribution in [0.15, 0.2) is 24.3 Å². The molecule has 118 valence electrons. The van der Waals surface area contributed by atoms with Crippen molar-refractivity contribution in [3.63, 3.8) is 0 Å². The summed E-state index contributed by atoms with van der Waals surface area (Å²) >= 11 is 0. The van der Waals surface area contributed by atoms with Gasteiger partial charge in [-0.25, -0.2) is 8.42 Å². The molecule has 0 aliphatic heterocycles. The second kappa shape index (κ2) is 7.38. The van der Waals surface area contributed by atoms with Crippen molar-refractivity contribution in [3.05, 3.63) is 35.4 Å². The van der Waals surface area contributed by atoms with Crippen LogP contribution in [-0.2, 0) is 22.3 Å². The summed E-state index contributed by atoms with van der Waals surface area (Å²) in [4.78, 5) is 0. The predicted molar refractivity (Wildman–Crippen MR) is 86.5 cm³/mol. The third-order valence-corrected chi connectivity index (χ3v) is 5.72. The van der Waals surface area contributed by atoms with Gasteiger partial charge >= 0.3 is 0 Å². The highest BCUT2D eigenvalue weighted by Gasteiger charge is 2.35. The summed E-state index contributed by atoms with van der Waals surface area (Å²) in [5, 5.41) is 3.34. The molecule has 1 aromatic rings. The van der Waals surface area contributed by atoms with Crippen LogP contribution in [0.1, 0.15) is 44.2 Å². The molecule has 0 unspecified atom stereocenters. The van der Waals surface area contributed by atoms with Gasteiger partial charge in [0.15, 0.2) is 0 Å². The van der Waals surface area contributed by atoms with Crippen molar-refractivity contribution in [2.24, 2.45) is 0 Å². The van der Waals surface area contributed by atoms with E-state index in [0.29, 0.717) is 6.54 Å². The summed E-state index contributed by atoms with van der Waals surface area (Å²) in [5.41, 5.74) is 2.06. The molecule has 5 heteroatoms. The first-order chi connectivity index (χ1) is 10.1. The highest BCUT2D eigenvalue weighted by atomic mass is 32.2. The molecule has 1 saturated carbocycles. The van der Waals surface area contributed by atoms with Gasteiger partial charge < -0.3 is 5.32 Å². The van der Waals surface area contributed by atoms with E-state index in [2.05, 4.69) is 12.2 Å². The van der Waals surface area contributed by atoms with Gasteiger partial charge in [0.2, 0.25) is 10.0 Å². The van der Waals surface area contributed by atoms with E-state index < -0.39 is 10.0 Å². The van der Waals surface area contributed by atoms with Crippen LogP contribution in [0.25, 0.3) is 0 Å². The predicted octanol–water partition coefficient (Wildman–Crippen LogP) is 2.50. The zero-order chi connectivity index (χ0) is 15.3. The minimum atomic E-state index is -3.18. The Morgan fingerprint density at radius 1 is 1.14 bits per heavy atom. The van der Waals surface area contributed by atoms with Crippen LogP contribution in [0.2, 0.25) is 0 Å². The Labute approximate surface area is 128 Å². The molecule has 0 radical (unpaired) electrons. The van der Waals surface area contributed by atoms with Crippen molar-refractivity contribution in [1.82, 2.24) is 9.62 Å². The Morgan fingerprint density at radius 2 is 1.76 bits per heavy atom. The van der Waals surface area contributed by atoms with Crippen molar-refractivity contribution < 1.29 is 8.42 Å². The number of nitrogens with zero attached hydrogens (tertiary/aromatic N) is 1. The molecule has 1 aliphatic rings. The molecule has 4 nitrogen and oxygen atoms in total. The smallest absolute Gasteiger partial charge is 0.218 e. The number of rotatable bonds is 9. The maximum absolute atomic E-state index is 12.4. The Balaban J connectivity index is 1.95. The van der Waals surface area contributed by atoms with Gasteiger partial charge in [-0.1, -0.05) is 38.1 Å². The summed E-state index contributed by atoms with van der Waals surface area (Å²) in [7, 11) is -3.18. The van der Waals surface area contributed by atoms with Gasteiger partial charge in [0.25, 0.3) is 0 Å². The fourth-order valence-electron chi connectivity index (χ4n) is 2.50. The van der Waals surface area contributed by atoms with Gasteiger partial charge in [-0.15, -0.1) is 0 Å². The molecule has 0 atom stereocenters. The number of hydrogen-bond donors (Lipinski definition) is 1. The Bertz CT molecular complexity index is 536. The van der Waals surface area contributed by atoms with Gasteiger partial charge in [0, 0.05) is 19.1 Å². The molecule has 1 fully saturated rings. The molecule has 21 heavy (non-hydrogen) atoms. The first-order valence-electron chi connectivity index (χ1n) is 7.85. The molecule has 0 aromatic heterocycles. The number of nitrogens with one attached hydrogen (secondary N) is 1. The third kappa shape index (κ3) is 4.80. The van der Waals surface area contributed by atoms with E-state index in [4.69, 9.17) is 0 Å². The van der Waals surface area contributed by atoms with Crippen LogP contribution in [0.4, 0.5) is 0 Å². The first-order valence-corrected chi connectivity index (χ1v) is 9.45. The highest BCUT2D eigenvalue weighted by molar-refractivity contribution is 7.88. The molecule has 0 amide bonds. The number of benzene rings is 1. The van der Waals surface area contributed by atoms with Crippen LogP contribution in [-0.4, -0.2) is 31.9 Å². The SMILES string of the molecule is CCCNCc1ccc(CS(=O)(=O)N(CC)C2CC2)cc1. The molecule has 2 rings (SSSR count). The van der Waals surface area contributed by atoms with Gasteiger partial charge in [-0.2, -0.15) is 4.31 Å². The van der Waals surface area contributed by atoms with E-state index in [1.54, 1.807) is 4.31 Å². The zero-order valence-electron chi connectivity index (χ0n) is 13.0. The molecule has 1 N–H and O–H groups in total. The zero-order valence-corrected chi connectivity index (χ0v) is 13.8. The van der Waals surface area contributed by atoms with Crippen LogP contribution >= 0.6 is 0 Å². The molecular formula is C16H26N2O2S. The van der Waals surface area contributed by atoms with Crippen LogP contribution < -0.4 is 5.32 Å². The number of sulfonamides is 1. The van der Waals surface area contributed by atoms with Crippen molar-refractivity contribution in [2.45, 2.75) is 51.4 Å². The Hall–Kier alpha value is -0.910. The van der Waals surface area contributed by atoms with Crippen molar-refractivity contribution in [1.29, 1.82) is 0 Å². The monoisotopic (exact) mass is 310 g/mol. The molecular weight excluding hydrogens is 284 g/mol. The summed E-state index contributed by atoms with van der Waals surface area (Å²) in [6.45, 7) is 6.47. The van der Waals surface area contributed by atoms with Gasteiger partial charge in [-0.05, 0) is 36.9 Å². The lowest BCUT2D eigenvalue weighted by atomic mass is 10.1. The quantitative estimate of drug-likeness (QED) is 0.713. The van der Waals surface area contributed by atoms with E-state index >= 15 is 0 Å². The maximum Gasteiger partial charge on any atom is 0.218 e. The largest absolute Gasteiger partial charge is 0.313 e. The lowest BCUT2D eigenvalue weighted by Crippen LogP contribution is -2.33. The van der Waals surface area contributed by atoms with Crippen LogP contribution in [0.3, 0.4) is 0 Å². The second-order valence-electron chi connectivity index (χ2n) is 5.68. The lowest BCUT2D eigenvalue weighted by molar-refractivity contribution is 0.420. The Kier molecular flexibility index (Phi) is 5.79. The topological polar surface area (TPSA) is 49.4 Å². The summed E-state index contributed by atoms with van der Waals surface area (Å²) in [6.07, 6.45) is 3.13. The summed E-state index contributed by atoms with van der Waals surface area (Å²) < 4.78 is 26.5. The van der Waals surface area contributed by atoms with Crippen molar-refractivity contribution in [2.75, 3.05) is 13.1 Å². The summed E-state index contributed by atoms with van der Waals surface area (Å²) in [6, 6.07) is 8.14. The molecule has 1 aromatic carbocycles. The third-order valence-electron chi connectivity index (χ3n) is 3.75. The maximum atomic E-state index is 12.4. The molecule has 0 heterocycles. The van der Waals surface area contributed by atoms with E-state index in [9.17, 15) is 8.42 Å². The molecule has 1 aliphatic carbocycles. The van der Waals surface area contributed by atoms with Crippen molar-refractivity contribution >= 4 is 10.0 Å². The number of hydrogen-bond acceptors (Lipinski definition) is 3. The molecule has 0 spiro atoms. The van der Waals surface area contributed by atoms with E-state index in [-0.39, 0.29) is 11.8 Å².